The molecule has 2 aliphatic heterocycles. The molecule has 1 aliphatic carbocycles. The topological polar surface area (TPSA) is 108 Å². The van der Waals surface area contributed by atoms with E-state index < -0.39 is 5.91 Å². The largest absolute Gasteiger partial charge is 0.378 e. The van der Waals surface area contributed by atoms with E-state index in [9.17, 15) is 9.59 Å². The van der Waals surface area contributed by atoms with Crippen LogP contribution in [-0.2, 0) is 5.41 Å². The molecule has 9 heteroatoms. The number of benzene rings is 2. The smallest absolute Gasteiger partial charge is 0.271 e. The third kappa shape index (κ3) is 6.73. The lowest BCUT2D eigenvalue weighted by atomic mass is 9.74. The van der Waals surface area contributed by atoms with Crippen molar-refractivity contribution >= 4 is 34.7 Å². The van der Waals surface area contributed by atoms with Crippen molar-refractivity contribution in [3.05, 3.63) is 71.5 Å². The lowest BCUT2D eigenvalue weighted by Gasteiger charge is -2.40. The maximum absolute atomic E-state index is 13.1. The molecule has 1 saturated carbocycles. The van der Waals surface area contributed by atoms with Crippen LogP contribution >= 0.6 is 0 Å². The second kappa shape index (κ2) is 12.6. The zero-order valence-electron chi connectivity index (χ0n) is 26.3. The second-order valence-electron chi connectivity index (χ2n) is 13.3. The van der Waals surface area contributed by atoms with Crippen molar-refractivity contribution < 1.29 is 9.59 Å². The van der Waals surface area contributed by atoms with Gasteiger partial charge in [-0.3, -0.25) is 9.59 Å². The van der Waals surface area contributed by atoms with Crippen LogP contribution in [0.4, 0.5) is 23.0 Å². The molecule has 3 fully saturated rings. The van der Waals surface area contributed by atoms with Gasteiger partial charge in [0.1, 0.15) is 5.82 Å². The average Bonchev–Trinajstić information content (AvgIpc) is 3.88. The number of likely N-dealkylation sites (tertiary alicyclic amines) is 1. The highest BCUT2D eigenvalue weighted by molar-refractivity contribution is 5.97. The SMILES string of the molecule is CN(C)c1ccc(C(=O)C[C@@H]2CCCN(c3cnc(C(N)=O)c(Nc4ccc(C5(C)CCN(C6CC6)CC5)cc4)n3)C2)cc1. The zero-order valence-corrected chi connectivity index (χ0v) is 26.3. The summed E-state index contributed by atoms with van der Waals surface area (Å²) in [6.45, 7) is 6.23. The number of ketones is 1. The highest BCUT2D eigenvalue weighted by Gasteiger charge is 2.37. The van der Waals surface area contributed by atoms with Gasteiger partial charge in [-0.25, -0.2) is 9.97 Å². The Bertz CT molecular complexity index is 1480. The quantitative estimate of drug-likeness (QED) is 0.301. The van der Waals surface area contributed by atoms with Crippen LogP contribution in [0.1, 0.15) is 78.3 Å². The summed E-state index contributed by atoms with van der Waals surface area (Å²) in [6, 6.07) is 17.1. The van der Waals surface area contributed by atoms with Crippen LogP contribution in [0.15, 0.2) is 54.7 Å². The highest BCUT2D eigenvalue weighted by Crippen LogP contribution is 2.39. The van der Waals surface area contributed by atoms with E-state index in [1.807, 2.05) is 43.3 Å². The minimum absolute atomic E-state index is 0.113. The number of nitrogens with two attached hydrogens (primary N) is 1. The first-order valence-electron chi connectivity index (χ1n) is 16.0. The number of anilines is 4. The van der Waals surface area contributed by atoms with E-state index in [0.29, 0.717) is 24.6 Å². The number of hydrogen-bond donors (Lipinski definition) is 2. The monoisotopic (exact) mass is 595 g/mol. The first-order chi connectivity index (χ1) is 21.2. The van der Waals surface area contributed by atoms with Crippen LogP contribution in [-0.4, -0.2) is 72.9 Å². The summed E-state index contributed by atoms with van der Waals surface area (Å²) in [7, 11) is 3.98. The number of nitrogens with one attached hydrogen (secondary N) is 1. The Balaban J connectivity index is 1.12. The van der Waals surface area contributed by atoms with Crippen LogP contribution < -0.4 is 20.9 Å². The van der Waals surface area contributed by atoms with Gasteiger partial charge < -0.3 is 25.8 Å². The minimum atomic E-state index is -0.625. The van der Waals surface area contributed by atoms with Crippen LogP contribution in [0.25, 0.3) is 0 Å². The molecule has 0 unspecified atom stereocenters. The molecule has 0 spiro atoms. The number of piperidine rings is 2. The number of primary amides is 1. The fourth-order valence-electron chi connectivity index (χ4n) is 6.77. The van der Waals surface area contributed by atoms with E-state index in [0.717, 1.165) is 42.4 Å². The standard InChI is InChI=1S/C35H45N7O2/c1-35(16-19-41(20-17-35)29-14-15-29)26-8-10-27(11-9-26)38-34-32(33(36)44)37-22-31(39-34)42-18-4-5-24(23-42)21-30(43)25-6-12-28(13-7-25)40(2)3/h6-13,22,24,29H,4-5,14-21,23H2,1-3H3,(H2,36,44)(H,38,39)/t24-/m0/s1. The molecule has 44 heavy (non-hydrogen) atoms. The van der Waals surface area contributed by atoms with Crippen LogP contribution in [0.3, 0.4) is 0 Å². The molecular formula is C35H45N7O2. The van der Waals surface area contributed by atoms with E-state index in [1.54, 1.807) is 6.20 Å². The van der Waals surface area contributed by atoms with Crippen molar-refractivity contribution in [1.29, 1.82) is 0 Å². The van der Waals surface area contributed by atoms with Crippen molar-refractivity contribution in [2.75, 3.05) is 55.4 Å². The predicted octanol–water partition coefficient (Wildman–Crippen LogP) is 5.39. The van der Waals surface area contributed by atoms with Gasteiger partial charge in [0.15, 0.2) is 17.3 Å². The maximum Gasteiger partial charge on any atom is 0.271 e. The van der Waals surface area contributed by atoms with Gasteiger partial charge in [-0.1, -0.05) is 19.1 Å². The Hall–Kier alpha value is -3.98. The van der Waals surface area contributed by atoms with E-state index >= 15 is 0 Å². The van der Waals surface area contributed by atoms with E-state index in [4.69, 9.17) is 10.7 Å². The molecule has 2 aromatic carbocycles. The van der Waals surface area contributed by atoms with Gasteiger partial charge in [-0.05, 0) is 105 Å². The van der Waals surface area contributed by atoms with Crippen LogP contribution in [0.5, 0.6) is 0 Å². The Labute approximate surface area is 260 Å². The lowest BCUT2D eigenvalue weighted by Crippen LogP contribution is -2.41. The van der Waals surface area contributed by atoms with Crippen LogP contribution in [0, 0.1) is 5.92 Å². The van der Waals surface area contributed by atoms with Gasteiger partial charge in [-0.2, -0.15) is 0 Å². The van der Waals surface area contributed by atoms with Gasteiger partial charge in [0.2, 0.25) is 0 Å². The lowest BCUT2D eigenvalue weighted by molar-refractivity contribution is 0.0954. The minimum Gasteiger partial charge on any atom is -0.378 e. The molecular weight excluding hydrogens is 550 g/mol. The highest BCUT2D eigenvalue weighted by atomic mass is 16.1. The summed E-state index contributed by atoms with van der Waals surface area (Å²) in [5.41, 5.74) is 9.97. The number of nitrogens with zero attached hydrogens (tertiary/aromatic N) is 5. The van der Waals surface area contributed by atoms with Gasteiger partial charge in [0, 0.05) is 56.6 Å². The van der Waals surface area contributed by atoms with E-state index in [2.05, 4.69) is 51.3 Å². The second-order valence-corrected chi connectivity index (χ2v) is 13.3. The third-order valence-corrected chi connectivity index (χ3v) is 9.83. The van der Waals surface area contributed by atoms with Crippen molar-refractivity contribution in [1.82, 2.24) is 14.9 Å². The summed E-state index contributed by atoms with van der Waals surface area (Å²) < 4.78 is 0. The van der Waals surface area contributed by atoms with Gasteiger partial charge >= 0.3 is 0 Å². The fourth-order valence-corrected chi connectivity index (χ4v) is 6.77. The predicted molar refractivity (Wildman–Crippen MR) is 176 cm³/mol. The van der Waals surface area contributed by atoms with Crippen molar-refractivity contribution in [2.45, 2.75) is 63.3 Å². The molecule has 2 saturated heterocycles. The molecule has 3 aliphatic rings. The molecule has 0 radical (unpaired) electrons. The number of rotatable bonds is 10. The first kappa shape index (κ1) is 30.1. The summed E-state index contributed by atoms with van der Waals surface area (Å²) >= 11 is 0. The summed E-state index contributed by atoms with van der Waals surface area (Å²) in [6.07, 6.45) is 9.10. The number of Topliss-reactive ketones (excluding diaryl/α,β-unsaturated/α-hetero) is 1. The number of amides is 1. The van der Waals surface area contributed by atoms with Gasteiger partial charge in [0.25, 0.3) is 5.91 Å². The number of carbonyl (C=O) groups excluding carboxylic acids is 2. The normalized spacial score (nSPS) is 20.2. The summed E-state index contributed by atoms with van der Waals surface area (Å²) in [5, 5.41) is 3.32. The first-order valence-corrected chi connectivity index (χ1v) is 16.0. The van der Waals surface area contributed by atoms with Crippen molar-refractivity contribution in [2.24, 2.45) is 11.7 Å². The number of aromatic nitrogens is 2. The molecule has 3 heterocycles. The zero-order chi connectivity index (χ0) is 30.8. The average molecular weight is 596 g/mol. The Morgan fingerprint density at radius 3 is 2.34 bits per heavy atom. The Kier molecular flexibility index (Phi) is 8.58. The summed E-state index contributed by atoms with van der Waals surface area (Å²) in [5.74, 6) is 0.775. The fraction of sp³-hybridized carbons (Fsp3) is 0.486. The maximum atomic E-state index is 13.1. The molecule has 1 amide bonds. The van der Waals surface area contributed by atoms with E-state index in [1.165, 1.54) is 44.3 Å². The molecule has 9 nitrogen and oxygen atoms in total. The molecule has 0 bridgehead atoms. The molecule has 1 aromatic heterocycles. The summed E-state index contributed by atoms with van der Waals surface area (Å²) in [4.78, 5) is 41.4. The Morgan fingerprint density at radius 1 is 1.00 bits per heavy atom. The molecule has 232 valence electrons. The van der Waals surface area contributed by atoms with Crippen molar-refractivity contribution in [3.8, 4) is 0 Å². The molecule has 3 aromatic rings. The van der Waals surface area contributed by atoms with Crippen LogP contribution in [0.2, 0.25) is 0 Å². The Morgan fingerprint density at radius 2 is 1.70 bits per heavy atom. The van der Waals surface area contributed by atoms with Gasteiger partial charge in [0.05, 0.1) is 6.20 Å². The van der Waals surface area contributed by atoms with Gasteiger partial charge in [-0.15, -0.1) is 0 Å². The molecule has 1 atom stereocenters. The molecule has 6 rings (SSSR count). The number of hydrogen-bond acceptors (Lipinski definition) is 8. The third-order valence-electron chi connectivity index (χ3n) is 9.83. The van der Waals surface area contributed by atoms with Crippen molar-refractivity contribution in [3.63, 3.8) is 0 Å². The number of carbonyl (C=O) groups is 2. The molecule has 3 N–H and O–H groups in total. The van der Waals surface area contributed by atoms with E-state index in [-0.39, 0.29) is 22.8 Å².